The molecule has 0 amide bonds. The van der Waals surface area contributed by atoms with E-state index >= 15 is 0 Å². The van der Waals surface area contributed by atoms with E-state index in [1.807, 2.05) is 0 Å². The van der Waals surface area contributed by atoms with Gasteiger partial charge in [0.25, 0.3) is 10.0 Å². The van der Waals surface area contributed by atoms with Crippen molar-refractivity contribution in [3.63, 3.8) is 0 Å². The molecule has 21 heavy (non-hydrogen) atoms. The number of carboxylic acids is 1. The molecule has 0 aliphatic carbocycles. The summed E-state index contributed by atoms with van der Waals surface area (Å²) >= 11 is 3.20. The van der Waals surface area contributed by atoms with E-state index in [0.29, 0.717) is 10.0 Å². The smallest absolute Gasteiger partial charge is 0.338 e. The first kappa shape index (κ1) is 15.5. The lowest BCUT2D eigenvalue weighted by Crippen LogP contribution is -2.16. The summed E-state index contributed by atoms with van der Waals surface area (Å²) in [5.41, 5.74) is 0.468. The summed E-state index contributed by atoms with van der Waals surface area (Å²) in [6.07, 6.45) is 0. The van der Waals surface area contributed by atoms with E-state index in [-0.39, 0.29) is 16.1 Å². The van der Waals surface area contributed by atoms with Gasteiger partial charge in [0.2, 0.25) is 0 Å². The van der Waals surface area contributed by atoms with Crippen molar-refractivity contribution >= 4 is 37.6 Å². The molecule has 0 heterocycles. The van der Waals surface area contributed by atoms with E-state index in [1.165, 1.54) is 18.2 Å². The average Bonchev–Trinajstić information content (AvgIpc) is 2.37. The zero-order chi connectivity index (χ0) is 15.6. The van der Waals surface area contributed by atoms with Gasteiger partial charge in [0.05, 0.1) is 16.1 Å². The van der Waals surface area contributed by atoms with Crippen LogP contribution in [-0.2, 0) is 10.0 Å². The van der Waals surface area contributed by atoms with Crippen molar-refractivity contribution in [3.05, 3.63) is 58.1 Å². The quantitative estimate of drug-likeness (QED) is 0.866. The molecule has 110 valence electrons. The van der Waals surface area contributed by atoms with Gasteiger partial charge in [-0.15, -0.1) is 0 Å². The molecular weight excluding hydrogens is 358 g/mol. The summed E-state index contributed by atoms with van der Waals surface area (Å²) in [6.45, 7) is 1.61. The highest BCUT2D eigenvalue weighted by molar-refractivity contribution is 9.10. The maximum Gasteiger partial charge on any atom is 0.338 e. The number of aromatic carboxylic acids is 1. The Morgan fingerprint density at radius 2 is 1.86 bits per heavy atom. The standard InChI is InChI=1S/C14H12BrNO4S/c1-9-4-2-7-12(13(9)14(17)18)16-21(19,20)11-6-3-5-10(15)8-11/h2-8,16H,1H3,(H,17,18). The molecule has 0 aliphatic heterocycles. The van der Waals surface area contributed by atoms with Gasteiger partial charge in [0, 0.05) is 4.47 Å². The number of nitrogens with one attached hydrogen (secondary N) is 1. The molecule has 0 atom stereocenters. The summed E-state index contributed by atoms with van der Waals surface area (Å²) in [7, 11) is -3.85. The molecule has 2 rings (SSSR count). The second kappa shape index (κ2) is 5.87. The van der Waals surface area contributed by atoms with E-state index in [2.05, 4.69) is 20.7 Å². The molecule has 0 spiro atoms. The molecule has 0 aromatic heterocycles. The van der Waals surface area contributed by atoms with E-state index in [9.17, 15) is 18.3 Å². The zero-order valence-corrected chi connectivity index (χ0v) is 13.4. The van der Waals surface area contributed by atoms with Crippen LogP contribution >= 0.6 is 15.9 Å². The maximum atomic E-state index is 12.3. The maximum absolute atomic E-state index is 12.3. The minimum Gasteiger partial charge on any atom is -0.478 e. The van der Waals surface area contributed by atoms with Gasteiger partial charge in [-0.25, -0.2) is 13.2 Å². The Kier molecular flexibility index (Phi) is 4.34. The van der Waals surface area contributed by atoms with Gasteiger partial charge in [-0.05, 0) is 36.8 Å². The topological polar surface area (TPSA) is 83.5 Å². The van der Waals surface area contributed by atoms with Gasteiger partial charge < -0.3 is 5.11 Å². The normalized spacial score (nSPS) is 11.1. The number of carbonyl (C=O) groups is 1. The number of carboxylic acid groups (broad SMARTS) is 1. The largest absolute Gasteiger partial charge is 0.478 e. The lowest BCUT2D eigenvalue weighted by Gasteiger charge is -2.12. The van der Waals surface area contributed by atoms with Gasteiger partial charge in [0.15, 0.2) is 0 Å². The van der Waals surface area contributed by atoms with E-state index in [0.717, 1.165) is 0 Å². The van der Waals surface area contributed by atoms with Gasteiger partial charge >= 0.3 is 5.97 Å². The van der Waals surface area contributed by atoms with Gasteiger partial charge in [-0.3, -0.25) is 4.72 Å². The van der Waals surface area contributed by atoms with Crippen molar-refractivity contribution in [2.75, 3.05) is 4.72 Å². The van der Waals surface area contributed by atoms with Crippen LogP contribution in [0.25, 0.3) is 0 Å². The molecule has 0 bridgehead atoms. The Morgan fingerprint density at radius 1 is 1.19 bits per heavy atom. The molecule has 2 aromatic carbocycles. The van der Waals surface area contributed by atoms with Crippen LogP contribution in [0.1, 0.15) is 15.9 Å². The number of anilines is 1. The Bertz CT molecular complexity index is 802. The fourth-order valence-electron chi connectivity index (χ4n) is 1.87. The highest BCUT2D eigenvalue weighted by atomic mass is 79.9. The first-order chi connectivity index (χ1) is 9.81. The summed E-state index contributed by atoms with van der Waals surface area (Å²) in [6, 6.07) is 10.8. The summed E-state index contributed by atoms with van der Waals surface area (Å²) in [4.78, 5) is 11.3. The monoisotopic (exact) mass is 369 g/mol. The summed E-state index contributed by atoms with van der Waals surface area (Å²) < 4.78 is 27.6. The molecule has 0 saturated carbocycles. The van der Waals surface area contributed by atoms with Crippen LogP contribution in [0.15, 0.2) is 51.8 Å². The first-order valence-electron chi connectivity index (χ1n) is 5.92. The SMILES string of the molecule is Cc1cccc(NS(=O)(=O)c2cccc(Br)c2)c1C(=O)O. The van der Waals surface area contributed by atoms with Gasteiger partial charge in [-0.2, -0.15) is 0 Å². The predicted molar refractivity (Wildman–Crippen MR) is 83.1 cm³/mol. The molecule has 7 heteroatoms. The Morgan fingerprint density at radius 3 is 2.48 bits per heavy atom. The number of hydrogen-bond acceptors (Lipinski definition) is 3. The van der Waals surface area contributed by atoms with Crippen molar-refractivity contribution in [2.45, 2.75) is 11.8 Å². The van der Waals surface area contributed by atoms with Gasteiger partial charge in [-0.1, -0.05) is 34.1 Å². The van der Waals surface area contributed by atoms with E-state index < -0.39 is 16.0 Å². The van der Waals surface area contributed by atoms with Crippen LogP contribution in [0.4, 0.5) is 5.69 Å². The van der Waals surface area contributed by atoms with E-state index in [4.69, 9.17) is 0 Å². The Hall–Kier alpha value is -1.86. The third-order valence-corrected chi connectivity index (χ3v) is 4.69. The average molecular weight is 370 g/mol. The number of rotatable bonds is 4. The van der Waals surface area contributed by atoms with Crippen LogP contribution < -0.4 is 4.72 Å². The first-order valence-corrected chi connectivity index (χ1v) is 8.20. The fourth-order valence-corrected chi connectivity index (χ4v) is 3.54. The minimum absolute atomic E-state index is 0.0440. The molecule has 2 aromatic rings. The van der Waals surface area contributed by atoms with Crippen molar-refractivity contribution in [1.29, 1.82) is 0 Å². The lowest BCUT2D eigenvalue weighted by molar-refractivity contribution is 0.0697. The van der Waals surface area contributed by atoms with Crippen LogP contribution in [0.2, 0.25) is 0 Å². The van der Waals surface area contributed by atoms with Crippen molar-refractivity contribution in [1.82, 2.24) is 0 Å². The number of halogens is 1. The molecular formula is C14H12BrNO4S. The molecule has 5 nitrogen and oxygen atoms in total. The van der Waals surface area contributed by atoms with Crippen molar-refractivity contribution in [2.24, 2.45) is 0 Å². The zero-order valence-electron chi connectivity index (χ0n) is 11.0. The van der Waals surface area contributed by atoms with Crippen LogP contribution in [0.5, 0.6) is 0 Å². The molecule has 0 radical (unpaired) electrons. The third kappa shape index (κ3) is 3.43. The predicted octanol–water partition coefficient (Wildman–Crippen LogP) is 3.26. The number of aryl methyl sites for hydroxylation is 1. The highest BCUT2D eigenvalue weighted by Crippen LogP contribution is 2.24. The highest BCUT2D eigenvalue weighted by Gasteiger charge is 2.19. The molecule has 2 N–H and O–H groups in total. The minimum atomic E-state index is -3.85. The molecule has 0 fully saturated rings. The van der Waals surface area contributed by atoms with Gasteiger partial charge in [0.1, 0.15) is 0 Å². The van der Waals surface area contributed by atoms with Crippen molar-refractivity contribution < 1.29 is 18.3 Å². The Balaban J connectivity index is 2.47. The third-order valence-electron chi connectivity index (χ3n) is 2.84. The summed E-state index contributed by atoms with van der Waals surface area (Å²) in [5.74, 6) is -1.18. The second-order valence-electron chi connectivity index (χ2n) is 4.37. The molecule has 0 aliphatic rings. The number of sulfonamides is 1. The number of benzene rings is 2. The van der Waals surface area contributed by atoms with Crippen LogP contribution in [0.3, 0.4) is 0 Å². The molecule has 0 unspecified atom stereocenters. The lowest BCUT2D eigenvalue weighted by atomic mass is 10.1. The van der Waals surface area contributed by atoms with Crippen LogP contribution in [-0.4, -0.2) is 19.5 Å². The Labute approximate surface area is 130 Å². The van der Waals surface area contributed by atoms with Crippen LogP contribution in [0, 0.1) is 6.92 Å². The second-order valence-corrected chi connectivity index (χ2v) is 6.96. The fraction of sp³-hybridized carbons (Fsp3) is 0.0714. The number of hydrogen-bond donors (Lipinski definition) is 2. The summed E-state index contributed by atoms with van der Waals surface area (Å²) in [5, 5.41) is 9.22. The van der Waals surface area contributed by atoms with Crippen molar-refractivity contribution in [3.8, 4) is 0 Å². The van der Waals surface area contributed by atoms with E-state index in [1.54, 1.807) is 31.2 Å². The molecule has 0 saturated heterocycles.